The highest BCUT2D eigenvalue weighted by molar-refractivity contribution is 14.1. The molecule has 20 heavy (non-hydrogen) atoms. The molecule has 0 N–H and O–H groups in total. The molecule has 1 fully saturated rings. The van der Waals surface area contributed by atoms with Crippen LogP contribution in [-0.2, 0) is 23.1 Å². The fraction of sp³-hybridized carbons (Fsp3) is 0.846. The van der Waals surface area contributed by atoms with Crippen LogP contribution in [0.3, 0.4) is 0 Å². The quantitative estimate of drug-likeness (QED) is 0.321. The Morgan fingerprint density at radius 1 is 1.35 bits per heavy atom. The fourth-order valence-electron chi connectivity index (χ4n) is 1.83. The van der Waals surface area contributed by atoms with Crippen LogP contribution in [0.5, 0.6) is 0 Å². The third-order valence-electron chi connectivity index (χ3n) is 2.72. The van der Waals surface area contributed by atoms with Gasteiger partial charge in [-0.3, -0.25) is 4.57 Å². The van der Waals surface area contributed by atoms with Crippen LogP contribution in [0.25, 0.3) is 0 Å². The van der Waals surface area contributed by atoms with Gasteiger partial charge in [0.2, 0.25) is 0 Å². The SMILES string of the molecule is CCOP(=O)(C=C[C@H](CI)O[C@H]1CCCCO1)OCC. The molecular formula is C13H24IO5P. The van der Waals surface area contributed by atoms with Crippen molar-refractivity contribution in [2.75, 3.05) is 24.2 Å². The summed E-state index contributed by atoms with van der Waals surface area (Å²) in [5, 5.41) is 0. The Labute approximate surface area is 135 Å². The molecule has 0 unspecified atom stereocenters. The summed E-state index contributed by atoms with van der Waals surface area (Å²) in [4.78, 5) is 0. The van der Waals surface area contributed by atoms with E-state index in [2.05, 4.69) is 22.6 Å². The third kappa shape index (κ3) is 7.00. The zero-order valence-corrected chi connectivity index (χ0v) is 15.2. The van der Waals surface area contributed by atoms with E-state index in [1.54, 1.807) is 19.9 Å². The molecule has 2 atom stereocenters. The molecule has 1 aliphatic heterocycles. The second kappa shape index (κ2) is 10.3. The summed E-state index contributed by atoms with van der Waals surface area (Å²) in [6, 6.07) is 0. The van der Waals surface area contributed by atoms with Crippen LogP contribution in [0.4, 0.5) is 0 Å². The number of rotatable bonds is 9. The summed E-state index contributed by atoms with van der Waals surface area (Å²) in [6.45, 7) is 5.04. The lowest BCUT2D eigenvalue weighted by Crippen LogP contribution is -2.27. The Hall–Kier alpha value is 0.540. The number of alkyl halides is 1. The molecule has 0 aromatic heterocycles. The third-order valence-corrected chi connectivity index (χ3v) is 5.36. The lowest BCUT2D eigenvalue weighted by Gasteiger charge is -2.25. The van der Waals surface area contributed by atoms with Gasteiger partial charge in [-0.2, -0.15) is 0 Å². The minimum atomic E-state index is -3.14. The van der Waals surface area contributed by atoms with Gasteiger partial charge in [0.15, 0.2) is 6.29 Å². The summed E-state index contributed by atoms with van der Waals surface area (Å²) in [6.07, 6.45) is 4.58. The largest absolute Gasteiger partial charge is 0.353 e. The van der Waals surface area contributed by atoms with Crippen molar-refractivity contribution in [3.8, 4) is 0 Å². The molecule has 5 nitrogen and oxygen atoms in total. The van der Waals surface area contributed by atoms with Crippen molar-refractivity contribution in [3.05, 3.63) is 11.9 Å². The molecule has 7 heteroatoms. The number of halogens is 1. The van der Waals surface area contributed by atoms with Crippen molar-refractivity contribution in [3.63, 3.8) is 0 Å². The van der Waals surface area contributed by atoms with Crippen LogP contribution >= 0.6 is 30.2 Å². The normalized spacial score (nSPS) is 22.2. The summed E-state index contributed by atoms with van der Waals surface area (Å²) in [5.41, 5.74) is 0. The van der Waals surface area contributed by atoms with Crippen LogP contribution in [0.15, 0.2) is 11.9 Å². The molecular weight excluding hydrogens is 394 g/mol. The minimum absolute atomic E-state index is 0.145. The van der Waals surface area contributed by atoms with Crippen molar-refractivity contribution in [2.24, 2.45) is 0 Å². The van der Waals surface area contributed by atoms with Gasteiger partial charge in [0, 0.05) is 16.9 Å². The van der Waals surface area contributed by atoms with Gasteiger partial charge in [-0.15, -0.1) is 0 Å². The van der Waals surface area contributed by atoms with E-state index in [-0.39, 0.29) is 12.4 Å². The lowest BCUT2D eigenvalue weighted by molar-refractivity contribution is -0.173. The highest BCUT2D eigenvalue weighted by atomic mass is 127. The average molecular weight is 418 g/mol. The van der Waals surface area contributed by atoms with Gasteiger partial charge in [-0.05, 0) is 39.2 Å². The van der Waals surface area contributed by atoms with E-state index in [0.717, 1.165) is 30.3 Å². The smallest absolute Gasteiger partial charge is 0.353 e. The van der Waals surface area contributed by atoms with Gasteiger partial charge in [-0.25, -0.2) is 0 Å². The average Bonchev–Trinajstić information content (AvgIpc) is 2.45. The second-order valence-corrected chi connectivity index (χ2v) is 7.12. The Bertz CT molecular complexity index is 321. The van der Waals surface area contributed by atoms with Crippen LogP contribution < -0.4 is 0 Å². The van der Waals surface area contributed by atoms with Crippen molar-refractivity contribution in [1.29, 1.82) is 0 Å². The molecule has 0 radical (unpaired) electrons. The molecule has 0 saturated carbocycles. The molecule has 1 aliphatic rings. The van der Waals surface area contributed by atoms with Crippen LogP contribution in [0, 0.1) is 0 Å². The Balaban J connectivity index is 2.55. The zero-order valence-electron chi connectivity index (χ0n) is 12.1. The molecule has 0 aromatic rings. The molecule has 0 aliphatic carbocycles. The summed E-state index contributed by atoms with van der Waals surface area (Å²) in [7, 11) is -3.14. The molecule has 118 valence electrons. The van der Waals surface area contributed by atoms with Gasteiger partial charge in [0.05, 0.1) is 19.3 Å². The van der Waals surface area contributed by atoms with E-state index in [9.17, 15) is 4.57 Å². The number of hydrogen-bond acceptors (Lipinski definition) is 5. The molecule has 0 spiro atoms. The van der Waals surface area contributed by atoms with Gasteiger partial charge in [0.1, 0.15) is 0 Å². The van der Waals surface area contributed by atoms with E-state index in [1.165, 1.54) is 5.82 Å². The van der Waals surface area contributed by atoms with E-state index in [1.807, 2.05) is 0 Å². The van der Waals surface area contributed by atoms with Gasteiger partial charge < -0.3 is 18.5 Å². The molecule has 1 saturated heterocycles. The predicted molar refractivity (Wildman–Crippen MR) is 87.3 cm³/mol. The lowest BCUT2D eigenvalue weighted by atomic mass is 10.2. The Kier molecular flexibility index (Phi) is 9.57. The molecule has 0 aromatic carbocycles. The standard InChI is InChI=1S/C13H24IO5P/c1-3-17-20(15,18-4-2)10-8-12(11-14)19-13-7-5-6-9-16-13/h8,10,12-13H,3-7,9,11H2,1-2H3/t12-,13+/m1/s1. The molecule has 1 rings (SSSR count). The molecule has 1 heterocycles. The van der Waals surface area contributed by atoms with Crippen molar-refractivity contribution >= 4 is 30.2 Å². The van der Waals surface area contributed by atoms with Crippen molar-refractivity contribution < 1.29 is 23.1 Å². The maximum absolute atomic E-state index is 12.3. The number of ether oxygens (including phenoxy) is 2. The van der Waals surface area contributed by atoms with E-state index >= 15 is 0 Å². The first-order valence-electron chi connectivity index (χ1n) is 7.04. The van der Waals surface area contributed by atoms with Gasteiger partial charge in [0.25, 0.3) is 0 Å². The zero-order chi connectivity index (χ0) is 14.8. The fourth-order valence-corrected chi connectivity index (χ4v) is 3.70. The Morgan fingerprint density at radius 3 is 2.55 bits per heavy atom. The van der Waals surface area contributed by atoms with Crippen LogP contribution in [0.1, 0.15) is 33.1 Å². The van der Waals surface area contributed by atoms with E-state index in [4.69, 9.17) is 18.5 Å². The molecule has 0 amide bonds. The van der Waals surface area contributed by atoms with Crippen molar-refractivity contribution in [2.45, 2.75) is 45.5 Å². The summed E-state index contributed by atoms with van der Waals surface area (Å²) in [5.74, 6) is 1.51. The maximum Gasteiger partial charge on any atom is 0.353 e. The van der Waals surface area contributed by atoms with E-state index < -0.39 is 7.60 Å². The maximum atomic E-state index is 12.3. The highest BCUT2D eigenvalue weighted by Gasteiger charge is 2.22. The first-order chi connectivity index (χ1) is 9.63. The minimum Gasteiger partial charge on any atom is -0.353 e. The summed E-state index contributed by atoms with van der Waals surface area (Å²) >= 11 is 2.24. The predicted octanol–water partition coefficient (Wildman–Crippen LogP) is 4.11. The topological polar surface area (TPSA) is 54.0 Å². The Morgan fingerprint density at radius 2 is 2.05 bits per heavy atom. The summed E-state index contributed by atoms with van der Waals surface area (Å²) < 4.78 is 34.9. The van der Waals surface area contributed by atoms with Crippen LogP contribution in [0.2, 0.25) is 0 Å². The first-order valence-corrected chi connectivity index (χ1v) is 10.2. The second-order valence-electron chi connectivity index (χ2n) is 4.34. The van der Waals surface area contributed by atoms with Gasteiger partial charge >= 0.3 is 7.60 Å². The number of hydrogen-bond donors (Lipinski definition) is 0. The van der Waals surface area contributed by atoms with Crippen LogP contribution in [-0.4, -0.2) is 36.6 Å². The highest BCUT2D eigenvalue weighted by Crippen LogP contribution is 2.49. The monoisotopic (exact) mass is 418 g/mol. The van der Waals surface area contributed by atoms with Crippen molar-refractivity contribution in [1.82, 2.24) is 0 Å². The first kappa shape index (κ1) is 18.6. The molecule has 0 bridgehead atoms. The van der Waals surface area contributed by atoms with Gasteiger partial charge in [-0.1, -0.05) is 22.6 Å². The van der Waals surface area contributed by atoms with E-state index in [0.29, 0.717) is 13.2 Å².